The molecule has 2 rings (SSSR count). The zero-order valence-electron chi connectivity index (χ0n) is 5.65. The molecule has 0 radical (unpaired) electrons. The Labute approximate surface area is 62.6 Å². The normalized spacial score (nSPS) is 10.2. The highest BCUT2D eigenvalue weighted by Gasteiger charge is 2.03. The smallest absolute Gasteiger partial charge is 0.292 e. The summed E-state index contributed by atoms with van der Waals surface area (Å²) in [6.07, 6.45) is 4.69. The number of hydrogen-bond acceptors (Lipinski definition) is 4. The van der Waals surface area contributed by atoms with E-state index in [0.29, 0.717) is 5.76 Å². The molecular weight excluding hydrogens is 144 g/mol. The topological polar surface area (TPSA) is 65.2 Å². The van der Waals surface area contributed by atoms with Crippen molar-refractivity contribution in [2.24, 2.45) is 0 Å². The quantitative estimate of drug-likeness (QED) is 0.669. The largest absolute Gasteiger partial charge is 0.472 e. The third-order valence-corrected chi connectivity index (χ3v) is 1.33. The predicted octanol–water partition coefficient (Wildman–Crippen LogP) is 1.52. The summed E-state index contributed by atoms with van der Waals surface area (Å²) in [5.74, 6) is 0.622. The zero-order valence-corrected chi connectivity index (χ0v) is 5.65. The van der Waals surface area contributed by atoms with Crippen LogP contribution in [0.25, 0.3) is 11.3 Å². The maximum atomic E-state index is 5.28. The minimum atomic E-state index is 0.168. The number of nitrogens with two attached hydrogens (primary N) is 1. The van der Waals surface area contributed by atoms with Crippen molar-refractivity contribution in [3.63, 3.8) is 0 Å². The van der Waals surface area contributed by atoms with Crippen molar-refractivity contribution < 1.29 is 8.83 Å². The van der Waals surface area contributed by atoms with Gasteiger partial charge >= 0.3 is 0 Å². The monoisotopic (exact) mass is 150 g/mol. The van der Waals surface area contributed by atoms with Crippen LogP contribution in [-0.2, 0) is 0 Å². The van der Waals surface area contributed by atoms with Gasteiger partial charge in [0.2, 0.25) is 0 Å². The molecule has 0 aliphatic heterocycles. The Morgan fingerprint density at radius 2 is 2.36 bits per heavy atom. The second-order valence-electron chi connectivity index (χ2n) is 2.07. The summed E-state index contributed by atoms with van der Waals surface area (Å²) in [6.45, 7) is 0. The molecule has 0 saturated carbocycles. The van der Waals surface area contributed by atoms with E-state index in [-0.39, 0.29) is 6.01 Å². The Morgan fingerprint density at radius 1 is 1.45 bits per heavy atom. The zero-order chi connectivity index (χ0) is 7.68. The minimum Gasteiger partial charge on any atom is -0.472 e. The molecule has 0 saturated heterocycles. The van der Waals surface area contributed by atoms with Gasteiger partial charge in [0.15, 0.2) is 5.76 Å². The summed E-state index contributed by atoms with van der Waals surface area (Å²) in [4.78, 5) is 3.74. The van der Waals surface area contributed by atoms with Gasteiger partial charge in [-0.3, -0.25) is 0 Å². The van der Waals surface area contributed by atoms with E-state index in [0.717, 1.165) is 5.56 Å². The van der Waals surface area contributed by atoms with E-state index in [4.69, 9.17) is 14.6 Å². The Kier molecular flexibility index (Phi) is 1.18. The summed E-state index contributed by atoms with van der Waals surface area (Å²) < 4.78 is 9.88. The Bertz CT molecular complexity index is 337. The van der Waals surface area contributed by atoms with Crippen molar-refractivity contribution in [3.05, 3.63) is 24.8 Å². The second-order valence-corrected chi connectivity index (χ2v) is 2.07. The first-order valence-corrected chi connectivity index (χ1v) is 3.10. The number of rotatable bonds is 1. The molecule has 11 heavy (non-hydrogen) atoms. The molecule has 0 aliphatic carbocycles. The maximum Gasteiger partial charge on any atom is 0.292 e. The van der Waals surface area contributed by atoms with Gasteiger partial charge in [0.05, 0.1) is 18.0 Å². The molecule has 56 valence electrons. The average molecular weight is 150 g/mol. The molecule has 2 heterocycles. The van der Waals surface area contributed by atoms with Gasteiger partial charge in [-0.2, -0.15) is 0 Å². The number of nitrogen functional groups attached to an aromatic ring is 1. The van der Waals surface area contributed by atoms with Crippen molar-refractivity contribution in [1.29, 1.82) is 0 Å². The molecule has 0 aromatic carbocycles. The van der Waals surface area contributed by atoms with Crippen molar-refractivity contribution >= 4 is 6.01 Å². The van der Waals surface area contributed by atoms with Crippen LogP contribution in [0.4, 0.5) is 6.01 Å². The highest BCUT2D eigenvalue weighted by molar-refractivity contribution is 5.54. The van der Waals surface area contributed by atoms with Crippen LogP contribution in [-0.4, -0.2) is 4.98 Å². The first-order valence-electron chi connectivity index (χ1n) is 3.10. The fourth-order valence-electron chi connectivity index (χ4n) is 0.826. The van der Waals surface area contributed by atoms with Gasteiger partial charge < -0.3 is 14.6 Å². The lowest BCUT2D eigenvalue weighted by atomic mass is 10.3. The Hall–Kier alpha value is -1.71. The van der Waals surface area contributed by atoms with Gasteiger partial charge in [-0.15, -0.1) is 0 Å². The summed E-state index contributed by atoms with van der Waals surface area (Å²) >= 11 is 0. The Morgan fingerprint density at radius 3 is 2.91 bits per heavy atom. The van der Waals surface area contributed by atoms with E-state index in [1.165, 1.54) is 0 Å². The SMILES string of the molecule is Nc1ncc(-c2ccoc2)o1. The highest BCUT2D eigenvalue weighted by atomic mass is 16.4. The lowest BCUT2D eigenvalue weighted by Crippen LogP contribution is -1.79. The first kappa shape index (κ1) is 6.03. The molecule has 0 amide bonds. The van der Waals surface area contributed by atoms with E-state index in [1.807, 2.05) is 0 Å². The molecular formula is C7H6N2O2. The van der Waals surface area contributed by atoms with Crippen molar-refractivity contribution in [2.75, 3.05) is 5.73 Å². The lowest BCUT2D eigenvalue weighted by molar-refractivity contribution is 0.563. The van der Waals surface area contributed by atoms with Gasteiger partial charge in [0.1, 0.15) is 6.26 Å². The average Bonchev–Trinajstić information content (AvgIpc) is 2.55. The van der Waals surface area contributed by atoms with E-state index in [1.54, 1.807) is 24.8 Å². The van der Waals surface area contributed by atoms with Crippen LogP contribution in [0, 0.1) is 0 Å². The molecule has 0 bridgehead atoms. The summed E-state index contributed by atoms with van der Waals surface area (Å²) in [5, 5.41) is 0. The molecule has 0 atom stereocenters. The number of anilines is 1. The van der Waals surface area contributed by atoms with Crippen molar-refractivity contribution in [3.8, 4) is 11.3 Å². The summed E-state index contributed by atoms with van der Waals surface area (Å²) in [7, 11) is 0. The van der Waals surface area contributed by atoms with E-state index in [2.05, 4.69) is 4.98 Å². The second kappa shape index (κ2) is 2.16. The molecule has 4 nitrogen and oxygen atoms in total. The molecule has 0 spiro atoms. The third-order valence-electron chi connectivity index (χ3n) is 1.33. The third kappa shape index (κ3) is 0.980. The predicted molar refractivity (Wildman–Crippen MR) is 38.6 cm³/mol. The Balaban J connectivity index is 2.45. The van der Waals surface area contributed by atoms with Crippen LogP contribution in [0.2, 0.25) is 0 Å². The van der Waals surface area contributed by atoms with E-state index < -0.39 is 0 Å². The molecule has 0 aliphatic rings. The molecule has 2 aromatic heterocycles. The fourth-order valence-corrected chi connectivity index (χ4v) is 0.826. The van der Waals surface area contributed by atoms with Crippen molar-refractivity contribution in [1.82, 2.24) is 4.98 Å². The van der Waals surface area contributed by atoms with Crippen LogP contribution < -0.4 is 5.73 Å². The first-order chi connectivity index (χ1) is 5.36. The van der Waals surface area contributed by atoms with Crippen molar-refractivity contribution in [2.45, 2.75) is 0 Å². The highest BCUT2D eigenvalue weighted by Crippen LogP contribution is 2.20. The van der Waals surface area contributed by atoms with Gasteiger partial charge in [-0.05, 0) is 6.07 Å². The van der Waals surface area contributed by atoms with Crippen LogP contribution in [0.15, 0.2) is 33.6 Å². The minimum absolute atomic E-state index is 0.168. The molecule has 2 N–H and O–H groups in total. The van der Waals surface area contributed by atoms with Gasteiger partial charge in [0, 0.05) is 0 Å². The van der Waals surface area contributed by atoms with Crippen LogP contribution in [0.5, 0.6) is 0 Å². The maximum absolute atomic E-state index is 5.28. The lowest BCUT2D eigenvalue weighted by Gasteiger charge is -1.83. The van der Waals surface area contributed by atoms with Crippen LogP contribution in [0.1, 0.15) is 0 Å². The number of oxazole rings is 1. The van der Waals surface area contributed by atoms with Gasteiger partial charge in [-0.1, -0.05) is 0 Å². The van der Waals surface area contributed by atoms with Crippen LogP contribution >= 0.6 is 0 Å². The molecule has 2 aromatic rings. The number of aromatic nitrogens is 1. The summed E-state index contributed by atoms with van der Waals surface area (Å²) in [5.41, 5.74) is 6.12. The van der Waals surface area contributed by atoms with E-state index >= 15 is 0 Å². The summed E-state index contributed by atoms with van der Waals surface area (Å²) in [6, 6.07) is 1.95. The van der Waals surface area contributed by atoms with Gasteiger partial charge in [-0.25, -0.2) is 4.98 Å². The fraction of sp³-hybridized carbons (Fsp3) is 0. The standard InChI is InChI=1S/C7H6N2O2/c8-7-9-3-6(11-7)5-1-2-10-4-5/h1-4H,(H2,8,9). The van der Waals surface area contributed by atoms with Crippen LogP contribution in [0.3, 0.4) is 0 Å². The molecule has 0 fully saturated rings. The van der Waals surface area contributed by atoms with Gasteiger partial charge in [0.25, 0.3) is 6.01 Å². The number of furan rings is 1. The molecule has 0 unspecified atom stereocenters. The number of nitrogens with zero attached hydrogens (tertiary/aromatic N) is 1. The molecule has 4 heteroatoms. The number of hydrogen-bond donors (Lipinski definition) is 1. The van der Waals surface area contributed by atoms with E-state index in [9.17, 15) is 0 Å².